The van der Waals surface area contributed by atoms with E-state index in [-0.39, 0.29) is 11.8 Å². The smallest absolute Gasteiger partial charge is 0.398 e. The molecule has 4 bridgehead atoms. The zero-order chi connectivity index (χ0) is 22.7. The van der Waals surface area contributed by atoms with Gasteiger partial charge in [0, 0.05) is 14.2 Å². The van der Waals surface area contributed by atoms with Gasteiger partial charge in [-0.15, -0.1) is 0 Å². The third kappa shape index (κ3) is 4.06. The third-order valence-electron chi connectivity index (χ3n) is 8.35. The summed E-state index contributed by atoms with van der Waals surface area (Å²) < 4.78 is 87.7. The summed E-state index contributed by atoms with van der Waals surface area (Å²) in [6.07, 6.45) is -8.04. The Morgan fingerprint density at radius 2 is 1.30 bits per heavy atom. The van der Waals surface area contributed by atoms with Crippen molar-refractivity contribution in [3.05, 3.63) is 0 Å². The zero-order valence-corrected chi connectivity index (χ0v) is 18.8. The molecule has 0 radical (unpaired) electrons. The van der Waals surface area contributed by atoms with Gasteiger partial charge in [-0.05, 0) is 93.0 Å². The molecule has 1 N–H and O–H groups in total. The molecule has 0 aromatic carbocycles. The lowest BCUT2D eigenvalue weighted by Crippen LogP contribution is -2.58. The molecule has 4 aliphatic rings. The van der Waals surface area contributed by atoms with Gasteiger partial charge in [0.25, 0.3) is 5.60 Å². The number of hydrogen-bond acceptors (Lipinski definition) is 3. The lowest BCUT2D eigenvalue weighted by molar-refractivity contribution is -0.373. The summed E-state index contributed by atoms with van der Waals surface area (Å²) >= 11 is 0. The SMILES string of the molecule is CO[Si](C)(C)OC.OC(CC1CC2CC1C1C3CCC(C3)C21)(C(F)(F)F)C(F)(F)F. The molecular weight excluding hydrogens is 430 g/mol. The van der Waals surface area contributed by atoms with Crippen molar-refractivity contribution in [1.82, 2.24) is 0 Å². The van der Waals surface area contributed by atoms with Gasteiger partial charge in [-0.25, -0.2) is 0 Å². The number of aliphatic hydroxyl groups is 1. The van der Waals surface area contributed by atoms with E-state index in [4.69, 9.17) is 8.85 Å². The molecule has 3 nitrogen and oxygen atoms in total. The largest absolute Gasteiger partial charge is 0.426 e. The molecule has 4 saturated carbocycles. The maximum Gasteiger partial charge on any atom is 0.426 e. The van der Waals surface area contributed by atoms with Crippen LogP contribution in [0, 0.1) is 41.4 Å². The van der Waals surface area contributed by atoms with Gasteiger partial charge in [-0.3, -0.25) is 0 Å². The Kier molecular flexibility index (Phi) is 6.42. The van der Waals surface area contributed by atoms with Crippen LogP contribution < -0.4 is 0 Å². The van der Waals surface area contributed by atoms with Gasteiger partial charge < -0.3 is 14.0 Å². The monoisotopic (exact) mass is 462 g/mol. The van der Waals surface area contributed by atoms with Gasteiger partial charge in [0.1, 0.15) is 0 Å². The Balaban J connectivity index is 0.000000318. The number of hydrogen-bond donors (Lipinski definition) is 1. The van der Waals surface area contributed by atoms with Gasteiger partial charge in [0.15, 0.2) is 0 Å². The van der Waals surface area contributed by atoms with Crippen molar-refractivity contribution in [2.24, 2.45) is 41.4 Å². The molecule has 4 fully saturated rings. The van der Waals surface area contributed by atoms with Crippen molar-refractivity contribution < 1.29 is 40.3 Å². The van der Waals surface area contributed by atoms with E-state index in [0.717, 1.165) is 19.3 Å². The average Bonchev–Trinajstić information content (AvgIpc) is 3.39. The summed E-state index contributed by atoms with van der Waals surface area (Å²) in [7, 11) is 1.70. The second-order valence-electron chi connectivity index (χ2n) is 10.0. The first-order valence-electron chi connectivity index (χ1n) is 10.6. The first-order valence-corrected chi connectivity index (χ1v) is 13.4. The summed E-state index contributed by atoms with van der Waals surface area (Å²) in [5.74, 6) is 1.53. The van der Waals surface area contributed by atoms with Gasteiger partial charge in [0.05, 0.1) is 0 Å². The molecule has 0 heterocycles. The fraction of sp³-hybridized carbons (Fsp3) is 1.00. The van der Waals surface area contributed by atoms with E-state index in [1.165, 1.54) is 6.42 Å². The second-order valence-corrected chi connectivity index (χ2v) is 13.6. The molecule has 0 aromatic rings. The summed E-state index contributed by atoms with van der Waals surface area (Å²) in [6, 6.07) is 0. The van der Waals surface area contributed by atoms with E-state index >= 15 is 0 Å². The summed E-state index contributed by atoms with van der Waals surface area (Å²) in [5, 5.41) is 9.50. The highest BCUT2D eigenvalue weighted by Crippen LogP contribution is 2.70. The van der Waals surface area contributed by atoms with Crippen LogP contribution in [-0.4, -0.2) is 45.8 Å². The fourth-order valence-corrected chi connectivity index (χ4v) is 6.96. The van der Waals surface area contributed by atoms with E-state index in [0.29, 0.717) is 30.1 Å². The van der Waals surface area contributed by atoms with Gasteiger partial charge in [0.2, 0.25) is 0 Å². The van der Waals surface area contributed by atoms with E-state index in [9.17, 15) is 31.4 Å². The number of alkyl halides is 6. The molecule has 0 amide bonds. The van der Waals surface area contributed by atoms with Crippen LogP contribution in [0.1, 0.15) is 38.5 Å². The predicted octanol–water partition coefficient (Wildman–Crippen LogP) is 5.53. The molecule has 7 unspecified atom stereocenters. The van der Waals surface area contributed by atoms with Crippen LogP contribution in [-0.2, 0) is 8.85 Å². The minimum Gasteiger partial charge on any atom is -0.398 e. The molecule has 30 heavy (non-hydrogen) atoms. The van der Waals surface area contributed by atoms with E-state index in [1.807, 2.05) is 13.1 Å². The molecule has 0 saturated heterocycles. The maximum absolute atomic E-state index is 12.9. The highest BCUT2D eigenvalue weighted by molar-refractivity contribution is 6.64. The Morgan fingerprint density at radius 3 is 1.73 bits per heavy atom. The lowest BCUT2D eigenvalue weighted by Gasteiger charge is -2.42. The van der Waals surface area contributed by atoms with Crippen LogP contribution in [0.25, 0.3) is 0 Å². The molecule has 4 rings (SSSR count). The Labute approximate surface area is 174 Å². The first-order chi connectivity index (χ1) is 13.6. The Bertz CT molecular complexity index is 603. The van der Waals surface area contributed by atoms with Crippen LogP contribution >= 0.6 is 0 Å². The summed E-state index contributed by atoms with van der Waals surface area (Å²) in [5.41, 5.74) is -4.57. The first kappa shape index (κ1) is 24.3. The summed E-state index contributed by atoms with van der Waals surface area (Å²) in [6.45, 7) is 3.99. The predicted molar refractivity (Wildman–Crippen MR) is 101 cm³/mol. The molecular formula is C20H32F6O3Si. The van der Waals surface area contributed by atoms with E-state index < -0.39 is 38.9 Å². The maximum atomic E-state index is 12.9. The normalized spacial score (nSPS) is 37.9. The van der Waals surface area contributed by atoms with Crippen LogP contribution in [0.3, 0.4) is 0 Å². The molecule has 0 spiro atoms. The number of fused-ring (bicyclic) bond motifs is 9. The van der Waals surface area contributed by atoms with Crippen molar-refractivity contribution in [2.75, 3.05) is 14.2 Å². The molecule has 4 aliphatic carbocycles. The highest BCUT2D eigenvalue weighted by atomic mass is 28.4. The minimum absolute atomic E-state index is 0.0588. The Morgan fingerprint density at radius 1 is 0.800 bits per heavy atom. The van der Waals surface area contributed by atoms with E-state index in [1.54, 1.807) is 14.2 Å². The van der Waals surface area contributed by atoms with Crippen LogP contribution in [0.15, 0.2) is 0 Å². The van der Waals surface area contributed by atoms with Crippen LogP contribution in [0.4, 0.5) is 26.3 Å². The van der Waals surface area contributed by atoms with Crippen LogP contribution in [0.2, 0.25) is 13.1 Å². The third-order valence-corrected chi connectivity index (χ3v) is 10.3. The van der Waals surface area contributed by atoms with Gasteiger partial charge in [-0.1, -0.05) is 0 Å². The number of halogens is 6. The van der Waals surface area contributed by atoms with Gasteiger partial charge >= 0.3 is 20.9 Å². The van der Waals surface area contributed by atoms with Crippen LogP contribution in [0.5, 0.6) is 0 Å². The standard InChI is InChI=1S/C16H20F6O.C4H12O2Si/c17-15(18,19)14(23,16(20,21)22)6-10-4-9-5-11(10)13-8-2-1-7(3-8)12(9)13;1-5-7(3,4)6-2/h7-13,23H,1-6H2;1-4H3. The molecule has 7 atom stereocenters. The van der Waals surface area contributed by atoms with Crippen molar-refractivity contribution in [2.45, 2.75) is 69.6 Å². The van der Waals surface area contributed by atoms with Gasteiger partial charge in [-0.2, -0.15) is 26.3 Å². The number of rotatable bonds is 4. The second kappa shape index (κ2) is 7.92. The van der Waals surface area contributed by atoms with Crippen molar-refractivity contribution in [1.29, 1.82) is 0 Å². The minimum atomic E-state index is -5.68. The molecule has 176 valence electrons. The lowest BCUT2D eigenvalue weighted by atomic mass is 9.65. The van der Waals surface area contributed by atoms with E-state index in [2.05, 4.69) is 0 Å². The molecule has 0 aromatic heterocycles. The Hall–Kier alpha value is -0.323. The highest BCUT2D eigenvalue weighted by Gasteiger charge is 2.72. The summed E-state index contributed by atoms with van der Waals surface area (Å²) in [4.78, 5) is 0. The quantitative estimate of drug-likeness (QED) is 0.339. The van der Waals surface area contributed by atoms with Crippen molar-refractivity contribution in [3.8, 4) is 0 Å². The van der Waals surface area contributed by atoms with Crippen molar-refractivity contribution >= 4 is 8.56 Å². The fourth-order valence-electron chi connectivity index (χ4n) is 6.79. The zero-order valence-electron chi connectivity index (χ0n) is 17.8. The molecule has 10 heteroatoms. The topological polar surface area (TPSA) is 38.7 Å². The van der Waals surface area contributed by atoms with Crippen molar-refractivity contribution in [3.63, 3.8) is 0 Å². The average molecular weight is 463 g/mol. The molecule has 0 aliphatic heterocycles.